The summed E-state index contributed by atoms with van der Waals surface area (Å²) >= 11 is 1.41. The Kier molecular flexibility index (Phi) is 5.28. The fourth-order valence-electron chi connectivity index (χ4n) is 4.58. The number of rotatable bonds is 5. The summed E-state index contributed by atoms with van der Waals surface area (Å²) < 4.78 is 7.13. The standard InChI is InChI=1S/C25H26N2O3S/c1-3-16-13-17-21(23(29)25-26-19-9-5-6-10-20(19)31-25)15(2)30-24(17)18(22(16)28)14-27-11-7-4-8-12-27/h5-6,9-10,13,28H,3-4,7-8,11-12,14H2,1-2H3. The van der Waals surface area contributed by atoms with Crippen molar-refractivity contribution in [2.75, 3.05) is 13.1 Å². The number of aromatic hydroxyl groups is 1. The number of phenols is 1. The highest BCUT2D eigenvalue weighted by molar-refractivity contribution is 7.20. The molecule has 0 unspecified atom stereocenters. The first-order chi connectivity index (χ1) is 15.1. The largest absolute Gasteiger partial charge is 0.507 e. The van der Waals surface area contributed by atoms with Crippen LogP contribution in [0.3, 0.4) is 0 Å². The summed E-state index contributed by atoms with van der Waals surface area (Å²) in [7, 11) is 0. The quantitative estimate of drug-likeness (QED) is 0.400. The molecule has 6 heteroatoms. The fraction of sp³-hybridized carbons (Fsp3) is 0.360. The van der Waals surface area contributed by atoms with Crippen molar-refractivity contribution in [3.8, 4) is 5.75 Å². The second kappa shape index (κ2) is 8.09. The second-order valence-electron chi connectivity index (χ2n) is 8.28. The maximum absolute atomic E-state index is 13.5. The molecule has 0 saturated carbocycles. The Morgan fingerprint density at radius 3 is 2.74 bits per heavy atom. The molecule has 31 heavy (non-hydrogen) atoms. The predicted molar refractivity (Wildman–Crippen MR) is 124 cm³/mol. The van der Waals surface area contributed by atoms with Gasteiger partial charge in [-0.25, -0.2) is 4.98 Å². The van der Waals surface area contributed by atoms with E-state index >= 15 is 0 Å². The number of furan rings is 1. The van der Waals surface area contributed by atoms with E-state index in [9.17, 15) is 9.90 Å². The van der Waals surface area contributed by atoms with Gasteiger partial charge < -0.3 is 9.52 Å². The van der Waals surface area contributed by atoms with Gasteiger partial charge >= 0.3 is 0 Å². The van der Waals surface area contributed by atoms with Crippen LogP contribution in [0.2, 0.25) is 0 Å². The van der Waals surface area contributed by atoms with Gasteiger partial charge in [0.1, 0.15) is 17.1 Å². The lowest BCUT2D eigenvalue weighted by molar-refractivity contribution is 0.103. The van der Waals surface area contributed by atoms with E-state index in [1.807, 2.05) is 44.2 Å². The number of phenolic OH excluding ortho intramolecular Hbond substituents is 1. The first kappa shape index (κ1) is 20.2. The van der Waals surface area contributed by atoms with Crippen molar-refractivity contribution in [3.05, 3.63) is 57.8 Å². The molecule has 1 aliphatic rings. The number of aryl methyl sites for hydroxylation is 2. The van der Waals surface area contributed by atoms with Crippen molar-refractivity contribution in [2.24, 2.45) is 0 Å². The summed E-state index contributed by atoms with van der Waals surface area (Å²) in [6.45, 7) is 6.53. The number of nitrogens with zero attached hydrogens (tertiary/aromatic N) is 2. The third-order valence-electron chi connectivity index (χ3n) is 6.23. The van der Waals surface area contributed by atoms with Crippen molar-refractivity contribution in [1.29, 1.82) is 0 Å². The zero-order chi connectivity index (χ0) is 21.5. The van der Waals surface area contributed by atoms with Crippen LogP contribution in [0.5, 0.6) is 5.75 Å². The average Bonchev–Trinajstić information content (AvgIpc) is 3.36. The van der Waals surface area contributed by atoms with Crippen molar-refractivity contribution in [2.45, 2.75) is 46.1 Å². The number of aromatic nitrogens is 1. The van der Waals surface area contributed by atoms with Crippen LogP contribution < -0.4 is 0 Å². The lowest BCUT2D eigenvalue weighted by Gasteiger charge is -2.27. The molecule has 5 nitrogen and oxygen atoms in total. The molecule has 160 valence electrons. The highest BCUT2D eigenvalue weighted by Crippen LogP contribution is 2.39. The van der Waals surface area contributed by atoms with Gasteiger partial charge in [-0.3, -0.25) is 9.69 Å². The smallest absolute Gasteiger partial charge is 0.225 e. The van der Waals surface area contributed by atoms with E-state index in [1.165, 1.54) is 30.6 Å². The SMILES string of the molecule is CCc1cc2c(C(=O)c3nc4ccccc4s3)c(C)oc2c(CN2CCCCC2)c1O. The minimum atomic E-state index is -0.117. The molecule has 1 saturated heterocycles. The molecule has 0 amide bonds. The lowest BCUT2D eigenvalue weighted by Crippen LogP contribution is -2.29. The molecule has 0 bridgehead atoms. The number of ketones is 1. The zero-order valence-electron chi connectivity index (χ0n) is 17.9. The van der Waals surface area contributed by atoms with E-state index < -0.39 is 0 Å². The maximum Gasteiger partial charge on any atom is 0.225 e. The first-order valence-electron chi connectivity index (χ1n) is 11.0. The molecule has 3 heterocycles. The molecule has 1 aliphatic heterocycles. The monoisotopic (exact) mass is 434 g/mol. The van der Waals surface area contributed by atoms with Gasteiger partial charge in [-0.15, -0.1) is 11.3 Å². The van der Waals surface area contributed by atoms with Crippen LogP contribution in [0.1, 0.15) is 58.4 Å². The van der Waals surface area contributed by atoms with Crippen LogP contribution in [0.15, 0.2) is 34.7 Å². The van der Waals surface area contributed by atoms with E-state index in [1.54, 1.807) is 0 Å². The lowest BCUT2D eigenvalue weighted by atomic mass is 9.98. The third-order valence-corrected chi connectivity index (χ3v) is 7.27. The van der Waals surface area contributed by atoms with Gasteiger partial charge in [-0.1, -0.05) is 25.5 Å². The van der Waals surface area contributed by atoms with Gasteiger partial charge in [0.15, 0.2) is 5.01 Å². The van der Waals surface area contributed by atoms with E-state index in [4.69, 9.17) is 4.42 Å². The molecular weight excluding hydrogens is 408 g/mol. The number of fused-ring (bicyclic) bond motifs is 2. The minimum absolute atomic E-state index is 0.117. The number of para-hydroxylation sites is 1. The fourth-order valence-corrected chi connectivity index (χ4v) is 5.50. The molecule has 0 aliphatic carbocycles. The van der Waals surface area contributed by atoms with Crippen molar-refractivity contribution in [3.63, 3.8) is 0 Å². The summed E-state index contributed by atoms with van der Waals surface area (Å²) in [6, 6.07) is 9.71. The number of carbonyl (C=O) groups excluding carboxylic acids is 1. The van der Waals surface area contributed by atoms with Crippen molar-refractivity contribution < 1.29 is 14.3 Å². The van der Waals surface area contributed by atoms with E-state index in [2.05, 4.69) is 9.88 Å². The summed E-state index contributed by atoms with van der Waals surface area (Å²) in [5, 5.41) is 12.2. The zero-order valence-corrected chi connectivity index (χ0v) is 18.7. The molecular formula is C25H26N2O3S. The molecule has 1 fully saturated rings. The topological polar surface area (TPSA) is 66.6 Å². The summed E-state index contributed by atoms with van der Waals surface area (Å²) in [5.41, 5.74) is 3.66. The van der Waals surface area contributed by atoms with Crippen molar-refractivity contribution in [1.82, 2.24) is 9.88 Å². The van der Waals surface area contributed by atoms with Crippen LogP contribution in [0.25, 0.3) is 21.2 Å². The van der Waals surface area contributed by atoms with Crippen LogP contribution in [-0.4, -0.2) is 33.9 Å². The molecule has 2 aromatic heterocycles. The molecule has 0 atom stereocenters. The Labute approximate surface area is 185 Å². The Morgan fingerprint density at radius 1 is 1.23 bits per heavy atom. The van der Waals surface area contributed by atoms with Crippen LogP contribution >= 0.6 is 11.3 Å². The number of hydrogen-bond donors (Lipinski definition) is 1. The van der Waals surface area contributed by atoms with E-state index in [-0.39, 0.29) is 5.78 Å². The Bertz CT molecular complexity index is 1250. The summed E-state index contributed by atoms with van der Waals surface area (Å²) in [5.74, 6) is 0.759. The van der Waals surface area contributed by atoms with Gasteiger partial charge in [0, 0.05) is 11.9 Å². The highest BCUT2D eigenvalue weighted by atomic mass is 32.1. The third kappa shape index (κ3) is 3.54. The highest BCUT2D eigenvalue weighted by Gasteiger charge is 2.27. The first-order valence-corrected chi connectivity index (χ1v) is 11.8. The maximum atomic E-state index is 13.5. The number of benzene rings is 2. The van der Waals surface area contributed by atoms with Gasteiger partial charge in [-0.2, -0.15) is 0 Å². The Balaban J connectivity index is 1.64. The molecule has 1 N–H and O–H groups in total. The second-order valence-corrected chi connectivity index (χ2v) is 9.31. The molecule has 5 rings (SSSR count). The van der Waals surface area contributed by atoms with Gasteiger partial charge in [0.2, 0.25) is 5.78 Å². The van der Waals surface area contributed by atoms with E-state index in [0.29, 0.717) is 40.6 Å². The predicted octanol–water partition coefficient (Wildman–Crippen LogP) is 5.84. The number of likely N-dealkylation sites (tertiary alicyclic amines) is 1. The van der Waals surface area contributed by atoms with Crippen LogP contribution in [-0.2, 0) is 13.0 Å². The summed E-state index contributed by atoms with van der Waals surface area (Å²) in [4.78, 5) is 20.4. The Hall–Kier alpha value is -2.70. The molecule has 0 spiro atoms. The van der Waals surface area contributed by atoms with Gasteiger partial charge in [0.05, 0.1) is 21.3 Å². The molecule has 2 aromatic carbocycles. The minimum Gasteiger partial charge on any atom is -0.507 e. The van der Waals surface area contributed by atoms with Crippen molar-refractivity contribution >= 4 is 38.3 Å². The molecule has 4 aromatic rings. The van der Waals surface area contributed by atoms with E-state index in [0.717, 1.165) is 39.8 Å². The average molecular weight is 435 g/mol. The van der Waals surface area contributed by atoms with Crippen LogP contribution in [0.4, 0.5) is 0 Å². The normalized spacial score (nSPS) is 15.2. The molecule has 0 radical (unpaired) electrons. The summed E-state index contributed by atoms with van der Waals surface area (Å²) in [6.07, 6.45) is 4.30. The van der Waals surface area contributed by atoms with Crippen LogP contribution in [0, 0.1) is 6.92 Å². The number of carbonyl (C=O) groups is 1. The Morgan fingerprint density at radius 2 is 2.00 bits per heavy atom. The number of thiazole rings is 1. The van der Waals surface area contributed by atoms with Gasteiger partial charge in [0.25, 0.3) is 0 Å². The number of hydrogen-bond acceptors (Lipinski definition) is 6. The van der Waals surface area contributed by atoms with Gasteiger partial charge in [-0.05, 0) is 63.0 Å². The number of piperidine rings is 1.